The quantitative estimate of drug-likeness (QED) is 0.727. The van der Waals surface area contributed by atoms with Crippen molar-refractivity contribution < 1.29 is 22.8 Å². The molecule has 2 atom stereocenters. The number of carbonyl (C=O) groups is 1. The standard InChI is InChI=1S/C13H20N4O5S/c1-9-14-12(22-15-9)6-17-5-4-16(3-2-13(18)19)10-7-23(20,21)8-11(10)17/h10-11H,2-8H2,1H3,(H,18,19)/t10-,11+/m1/s1. The minimum absolute atomic E-state index is 0.0200. The predicted molar refractivity (Wildman–Crippen MR) is 79.5 cm³/mol. The van der Waals surface area contributed by atoms with Crippen LogP contribution in [0.25, 0.3) is 0 Å². The minimum Gasteiger partial charge on any atom is -0.481 e. The first-order chi connectivity index (χ1) is 10.8. The summed E-state index contributed by atoms with van der Waals surface area (Å²) < 4.78 is 29.3. The van der Waals surface area contributed by atoms with Gasteiger partial charge in [-0.2, -0.15) is 4.98 Å². The van der Waals surface area contributed by atoms with E-state index in [1.807, 2.05) is 4.90 Å². The molecule has 1 aromatic rings. The number of hydrogen-bond donors (Lipinski definition) is 1. The molecule has 0 bridgehead atoms. The maximum Gasteiger partial charge on any atom is 0.304 e. The summed E-state index contributed by atoms with van der Waals surface area (Å²) >= 11 is 0. The van der Waals surface area contributed by atoms with Crippen LogP contribution < -0.4 is 0 Å². The monoisotopic (exact) mass is 344 g/mol. The van der Waals surface area contributed by atoms with E-state index < -0.39 is 15.8 Å². The van der Waals surface area contributed by atoms with Crippen LogP contribution in [0.15, 0.2) is 4.52 Å². The Balaban J connectivity index is 1.74. The number of aryl methyl sites for hydroxylation is 1. The van der Waals surface area contributed by atoms with E-state index in [9.17, 15) is 13.2 Å². The second kappa shape index (κ2) is 6.17. The van der Waals surface area contributed by atoms with Crippen molar-refractivity contribution >= 4 is 15.8 Å². The third-order valence-electron chi connectivity index (χ3n) is 4.43. The van der Waals surface area contributed by atoms with Gasteiger partial charge in [0.15, 0.2) is 15.7 Å². The van der Waals surface area contributed by atoms with E-state index in [-0.39, 0.29) is 30.0 Å². The van der Waals surface area contributed by atoms with Crippen LogP contribution in [-0.4, -0.2) is 82.7 Å². The van der Waals surface area contributed by atoms with Gasteiger partial charge < -0.3 is 9.63 Å². The molecule has 2 fully saturated rings. The summed E-state index contributed by atoms with van der Waals surface area (Å²) in [7, 11) is -3.12. The van der Waals surface area contributed by atoms with Gasteiger partial charge in [-0.15, -0.1) is 0 Å². The lowest BCUT2D eigenvalue weighted by molar-refractivity contribution is -0.137. The molecule has 9 nitrogen and oxygen atoms in total. The number of rotatable bonds is 5. The van der Waals surface area contributed by atoms with Crippen LogP contribution in [0.2, 0.25) is 0 Å². The Morgan fingerprint density at radius 2 is 1.96 bits per heavy atom. The van der Waals surface area contributed by atoms with Gasteiger partial charge in [0.1, 0.15) is 0 Å². The summed E-state index contributed by atoms with van der Waals surface area (Å²) in [5.41, 5.74) is 0. The Bertz CT molecular complexity index is 688. The second-order valence-corrected chi connectivity index (χ2v) is 8.25. The zero-order valence-electron chi connectivity index (χ0n) is 12.9. The molecule has 0 aromatic carbocycles. The van der Waals surface area contributed by atoms with E-state index in [1.54, 1.807) is 6.92 Å². The highest BCUT2D eigenvalue weighted by Gasteiger charge is 2.46. The van der Waals surface area contributed by atoms with Gasteiger partial charge in [-0.1, -0.05) is 5.16 Å². The number of aromatic nitrogens is 2. The van der Waals surface area contributed by atoms with E-state index in [4.69, 9.17) is 9.63 Å². The number of nitrogens with zero attached hydrogens (tertiary/aromatic N) is 4. The lowest BCUT2D eigenvalue weighted by atomic mass is 10.0. The van der Waals surface area contributed by atoms with Crippen LogP contribution >= 0.6 is 0 Å². The Labute approximate surface area is 134 Å². The largest absolute Gasteiger partial charge is 0.481 e. The molecule has 3 rings (SSSR count). The Morgan fingerprint density at radius 1 is 1.30 bits per heavy atom. The molecule has 0 saturated carbocycles. The van der Waals surface area contributed by atoms with E-state index in [2.05, 4.69) is 15.0 Å². The average molecular weight is 344 g/mol. The predicted octanol–water partition coefficient (Wildman–Crippen LogP) is -0.864. The van der Waals surface area contributed by atoms with Gasteiger partial charge in [0.25, 0.3) is 0 Å². The summed E-state index contributed by atoms with van der Waals surface area (Å²) in [6.45, 7) is 3.82. The molecule has 2 aliphatic heterocycles. The maximum absolute atomic E-state index is 12.1. The smallest absolute Gasteiger partial charge is 0.304 e. The molecular formula is C13H20N4O5S. The van der Waals surface area contributed by atoms with Crippen LogP contribution in [0.4, 0.5) is 0 Å². The highest BCUT2D eigenvalue weighted by molar-refractivity contribution is 7.91. The third kappa shape index (κ3) is 3.70. The molecule has 0 unspecified atom stereocenters. The lowest BCUT2D eigenvalue weighted by Gasteiger charge is -2.43. The summed E-state index contributed by atoms with van der Waals surface area (Å²) in [5.74, 6) is 0.330. The van der Waals surface area contributed by atoms with Crippen molar-refractivity contribution in [1.82, 2.24) is 19.9 Å². The van der Waals surface area contributed by atoms with E-state index in [0.717, 1.165) is 0 Å². The van der Waals surface area contributed by atoms with E-state index >= 15 is 0 Å². The molecule has 23 heavy (non-hydrogen) atoms. The first-order valence-electron chi connectivity index (χ1n) is 7.53. The molecule has 128 valence electrons. The fourth-order valence-electron chi connectivity index (χ4n) is 3.39. The Kier molecular flexibility index (Phi) is 4.39. The van der Waals surface area contributed by atoms with Gasteiger partial charge in [0, 0.05) is 31.7 Å². The SMILES string of the molecule is Cc1noc(CN2CCN(CCC(=O)O)[C@@H]3CS(=O)(=O)C[C@@H]32)n1. The number of hydrogen-bond acceptors (Lipinski definition) is 8. The van der Waals surface area contributed by atoms with Crippen LogP contribution in [0.1, 0.15) is 18.1 Å². The summed E-state index contributed by atoms with van der Waals surface area (Å²) in [4.78, 5) is 19.0. The fraction of sp³-hybridized carbons (Fsp3) is 0.769. The molecule has 0 radical (unpaired) electrons. The van der Waals surface area contributed by atoms with Crippen molar-refractivity contribution in [1.29, 1.82) is 0 Å². The van der Waals surface area contributed by atoms with Crippen molar-refractivity contribution in [2.45, 2.75) is 32.0 Å². The van der Waals surface area contributed by atoms with Crippen molar-refractivity contribution in [2.24, 2.45) is 0 Å². The van der Waals surface area contributed by atoms with Crippen molar-refractivity contribution in [3.05, 3.63) is 11.7 Å². The number of carboxylic acids is 1. The number of aliphatic carboxylic acids is 1. The summed E-state index contributed by atoms with van der Waals surface area (Å²) in [6, 6.07) is -0.327. The molecule has 1 aromatic heterocycles. The molecule has 10 heteroatoms. The topological polar surface area (TPSA) is 117 Å². The van der Waals surface area contributed by atoms with Crippen molar-refractivity contribution in [3.8, 4) is 0 Å². The number of fused-ring (bicyclic) bond motifs is 1. The van der Waals surface area contributed by atoms with Gasteiger partial charge in [-0.05, 0) is 6.92 Å². The molecule has 3 heterocycles. The Hall–Kier alpha value is -1.52. The second-order valence-electron chi connectivity index (χ2n) is 6.10. The van der Waals surface area contributed by atoms with Gasteiger partial charge in [0.05, 0.1) is 24.5 Å². The summed E-state index contributed by atoms with van der Waals surface area (Å²) in [6.07, 6.45) is 0.0200. The highest BCUT2D eigenvalue weighted by atomic mass is 32.2. The summed E-state index contributed by atoms with van der Waals surface area (Å²) in [5, 5.41) is 12.6. The maximum atomic E-state index is 12.1. The zero-order valence-corrected chi connectivity index (χ0v) is 13.7. The van der Waals surface area contributed by atoms with Crippen LogP contribution in [0.5, 0.6) is 0 Å². The normalized spacial score (nSPS) is 27.9. The van der Waals surface area contributed by atoms with Gasteiger partial charge in [-0.25, -0.2) is 8.42 Å². The Morgan fingerprint density at radius 3 is 2.57 bits per heavy atom. The number of sulfone groups is 1. The third-order valence-corrected chi connectivity index (χ3v) is 6.13. The van der Waals surface area contributed by atoms with Crippen LogP contribution in [0.3, 0.4) is 0 Å². The fourth-order valence-corrected chi connectivity index (χ4v) is 5.43. The zero-order chi connectivity index (χ0) is 16.6. The van der Waals surface area contributed by atoms with Crippen LogP contribution in [0, 0.1) is 6.92 Å². The number of piperazine rings is 1. The highest BCUT2D eigenvalue weighted by Crippen LogP contribution is 2.28. The minimum atomic E-state index is -3.12. The number of carboxylic acid groups (broad SMARTS) is 1. The van der Waals surface area contributed by atoms with Crippen molar-refractivity contribution in [2.75, 3.05) is 31.1 Å². The van der Waals surface area contributed by atoms with E-state index in [1.165, 1.54) is 0 Å². The lowest BCUT2D eigenvalue weighted by Crippen LogP contribution is -2.58. The van der Waals surface area contributed by atoms with E-state index in [0.29, 0.717) is 37.9 Å². The first kappa shape index (κ1) is 16.3. The molecular weight excluding hydrogens is 324 g/mol. The molecule has 0 amide bonds. The van der Waals surface area contributed by atoms with Crippen LogP contribution in [-0.2, 0) is 21.2 Å². The molecule has 0 aliphatic carbocycles. The molecule has 1 N–H and O–H groups in total. The van der Waals surface area contributed by atoms with Gasteiger partial charge in [-0.3, -0.25) is 14.6 Å². The average Bonchev–Trinajstić information content (AvgIpc) is 3.00. The van der Waals surface area contributed by atoms with Crippen molar-refractivity contribution in [3.63, 3.8) is 0 Å². The van der Waals surface area contributed by atoms with Gasteiger partial charge in [0.2, 0.25) is 5.89 Å². The first-order valence-corrected chi connectivity index (χ1v) is 9.36. The van der Waals surface area contributed by atoms with Gasteiger partial charge >= 0.3 is 5.97 Å². The molecule has 2 aliphatic rings. The molecule has 2 saturated heterocycles. The molecule has 0 spiro atoms.